The van der Waals surface area contributed by atoms with Gasteiger partial charge in [-0.1, -0.05) is 0 Å². The first-order valence-corrected chi connectivity index (χ1v) is 2.12. The fraction of sp³-hybridized carbons (Fsp3) is 0.500. The van der Waals surface area contributed by atoms with Gasteiger partial charge in [-0.25, -0.2) is 0 Å². The molecule has 42 valence electrons. The standard InChI is InChI=1S/3C2H5.Sc/c3*1-2;/h3*1H2,2H3;/q3*-1;+3. The van der Waals surface area contributed by atoms with Gasteiger partial charge in [0.25, 0.3) is 0 Å². The molecule has 0 spiro atoms. The fourth-order valence-corrected chi connectivity index (χ4v) is 0. The molecule has 0 aromatic rings. The van der Waals surface area contributed by atoms with E-state index >= 15 is 0 Å². The van der Waals surface area contributed by atoms with Crippen molar-refractivity contribution in [2.24, 2.45) is 0 Å². The molecular weight excluding hydrogens is 117 g/mol. The second-order valence-electron chi connectivity index (χ2n) is 0. The molecule has 0 rings (SSSR count). The van der Waals surface area contributed by atoms with Gasteiger partial charge < -0.3 is 20.8 Å². The molecule has 0 heterocycles. The third kappa shape index (κ3) is 215. The molecule has 0 unspecified atom stereocenters. The zero-order chi connectivity index (χ0) is 6.00. The van der Waals surface area contributed by atoms with Crippen LogP contribution in [0.2, 0.25) is 0 Å². The summed E-state index contributed by atoms with van der Waals surface area (Å²) in [5.41, 5.74) is 0. The van der Waals surface area contributed by atoms with Gasteiger partial charge in [0.05, 0.1) is 0 Å². The Morgan fingerprint density at radius 3 is 0.571 bits per heavy atom. The van der Waals surface area contributed by atoms with Crippen molar-refractivity contribution in [3.63, 3.8) is 0 Å². The van der Waals surface area contributed by atoms with Gasteiger partial charge in [0.2, 0.25) is 0 Å². The number of hydrogen-bond donors (Lipinski definition) is 0. The average Bonchev–Trinajstić information content (AvgIpc) is 1.81. The van der Waals surface area contributed by atoms with Crippen molar-refractivity contribution in [1.82, 2.24) is 0 Å². The van der Waals surface area contributed by atoms with Crippen molar-refractivity contribution in [2.45, 2.75) is 20.8 Å². The summed E-state index contributed by atoms with van der Waals surface area (Å²) in [7, 11) is 0. The summed E-state index contributed by atoms with van der Waals surface area (Å²) in [4.78, 5) is 0. The van der Waals surface area contributed by atoms with E-state index in [9.17, 15) is 0 Å². The molecule has 0 radical (unpaired) electrons. The van der Waals surface area contributed by atoms with Crippen LogP contribution in [0.1, 0.15) is 20.8 Å². The topological polar surface area (TPSA) is 0 Å². The molecule has 1 heteroatoms. The zero-order valence-electron chi connectivity index (χ0n) is 5.70. The normalized spacial score (nSPS) is 2.57. The van der Waals surface area contributed by atoms with E-state index in [0.717, 1.165) is 0 Å². The fourth-order valence-electron chi connectivity index (χ4n) is 0. The molecule has 0 fully saturated rings. The molecule has 0 atom stereocenters. The Kier molecular flexibility index (Phi) is 1110. The summed E-state index contributed by atoms with van der Waals surface area (Å²) in [6.45, 7) is 15.0. The van der Waals surface area contributed by atoms with Crippen molar-refractivity contribution in [1.29, 1.82) is 0 Å². The van der Waals surface area contributed by atoms with E-state index in [1.54, 1.807) is 20.8 Å². The molecule has 0 aromatic carbocycles. The maximum absolute atomic E-state index is 3.25. The minimum Gasteiger partial charge on any atom is -0.346 e. The maximum Gasteiger partial charge on any atom is 3.00 e. The summed E-state index contributed by atoms with van der Waals surface area (Å²) in [6, 6.07) is 0. The summed E-state index contributed by atoms with van der Waals surface area (Å²) < 4.78 is 0. The molecule has 0 bridgehead atoms. The second kappa shape index (κ2) is 313. The van der Waals surface area contributed by atoms with Crippen LogP contribution >= 0.6 is 0 Å². The molecular formula is C6H15Sc. The van der Waals surface area contributed by atoms with E-state index < -0.39 is 0 Å². The third-order valence-electron chi connectivity index (χ3n) is 0. The van der Waals surface area contributed by atoms with Crippen LogP contribution < -0.4 is 0 Å². The van der Waals surface area contributed by atoms with Gasteiger partial charge >= 0.3 is 25.8 Å². The van der Waals surface area contributed by atoms with Crippen molar-refractivity contribution in [3.8, 4) is 0 Å². The van der Waals surface area contributed by atoms with Crippen LogP contribution in [0, 0.1) is 20.8 Å². The molecule has 0 saturated heterocycles. The summed E-state index contributed by atoms with van der Waals surface area (Å²) >= 11 is 0. The van der Waals surface area contributed by atoms with Crippen LogP contribution in [0.3, 0.4) is 0 Å². The smallest absolute Gasteiger partial charge is 0.346 e. The first-order valence-electron chi connectivity index (χ1n) is 2.12. The van der Waals surface area contributed by atoms with Crippen LogP contribution in [0.5, 0.6) is 0 Å². The Bertz CT molecular complexity index is 4.14. The van der Waals surface area contributed by atoms with E-state index in [1.807, 2.05) is 0 Å². The van der Waals surface area contributed by atoms with Gasteiger partial charge in [0.15, 0.2) is 0 Å². The molecule has 0 aliphatic rings. The SMILES string of the molecule is [CH2-]C.[CH2-]C.[CH2-]C.[Sc+3]. The van der Waals surface area contributed by atoms with Crippen molar-refractivity contribution in [2.75, 3.05) is 0 Å². The second-order valence-corrected chi connectivity index (χ2v) is 0. The number of hydrogen-bond acceptors (Lipinski definition) is 0. The van der Waals surface area contributed by atoms with E-state index in [1.165, 1.54) is 0 Å². The summed E-state index contributed by atoms with van der Waals surface area (Å²) in [5, 5.41) is 0. The van der Waals surface area contributed by atoms with Gasteiger partial charge in [0, 0.05) is 0 Å². The minimum atomic E-state index is 0. The average molecular weight is 132 g/mol. The van der Waals surface area contributed by atoms with E-state index in [-0.39, 0.29) is 25.8 Å². The predicted molar refractivity (Wildman–Crippen MR) is 33.1 cm³/mol. The van der Waals surface area contributed by atoms with Gasteiger partial charge in [0.1, 0.15) is 0 Å². The maximum atomic E-state index is 3.25. The van der Waals surface area contributed by atoms with Gasteiger partial charge in [-0.05, 0) is 0 Å². The first-order chi connectivity index (χ1) is 3.00. The van der Waals surface area contributed by atoms with Crippen LogP contribution in [0.4, 0.5) is 0 Å². The van der Waals surface area contributed by atoms with Crippen LogP contribution in [0.15, 0.2) is 0 Å². The molecule has 0 aromatic heterocycles. The van der Waals surface area contributed by atoms with E-state index in [4.69, 9.17) is 0 Å². The van der Waals surface area contributed by atoms with Crippen LogP contribution in [-0.4, -0.2) is 0 Å². The first kappa shape index (κ1) is 24.8. The summed E-state index contributed by atoms with van der Waals surface area (Å²) in [5.74, 6) is 0. The summed E-state index contributed by atoms with van der Waals surface area (Å²) in [6.07, 6.45) is 0. The Balaban J connectivity index is -0.00000000900. The molecule has 0 aliphatic heterocycles. The molecule has 0 aliphatic carbocycles. The predicted octanol–water partition coefficient (Wildman–Crippen LogP) is 2.52. The van der Waals surface area contributed by atoms with Crippen molar-refractivity contribution < 1.29 is 25.8 Å². The molecule has 0 nitrogen and oxygen atoms in total. The monoisotopic (exact) mass is 132 g/mol. The van der Waals surface area contributed by atoms with Gasteiger partial charge in [-0.3, -0.25) is 0 Å². The van der Waals surface area contributed by atoms with E-state index in [0.29, 0.717) is 0 Å². The van der Waals surface area contributed by atoms with Crippen molar-refractivity contribution in [3.05, 3.63) is 20.8 Å². The van der Waals surface area contributed by atoms with Gasteiger partial charge in [-0.15, -0.1) is 0 Å². The van der Waals surface area contributed by atoms with Crippen LogP contribution in [-0.2, 0) is 25.8 Å². The Hall–Kier alpha value is 0.870. The van der Waals surface area contributed by atoms with Gasteiger partial charge in [-0.2, -0.15) is 20.8 Å². The molecule has 0 N–H and O–H groups in total. The third-order valence-corrected chi connectivity index (χ3v) is 0. The minimum absolute atomic E-state index is 0. The zero-order valence-corrected chi connectivity index (χ0v) is 7.50. The van der Waals surface area contributed by atoms with Crippen molar-refractivity contribution >= 4 is 0 Å². The molecule has 0 amide bonds. The Morgan fingerprint density at radius 2 is 0.571 bits per heavy atom. The Labute approximate surface area is 67.5 Å². The van der Waals surface area contributed by atoms with E-state index in [2.05, 4.69) is 20.8 Å². The number of rotatable bonds is 0. The molecule has 7 heavy (non-hydrogen) atoms. The van der Waals surface area contributed by atoms with Crippen LogP contribution in [0.25, 0.3) is 0 Å². The Morgan fingerprint density at radius 1 is 0.571 bits per heavy atom. The molecule has 0 saturated carbocycles. The largest absolute Gasteiger partial charge is 3.00 e. The quantitative estimate of drug-likeness (QED) is 0.444.